The van der Waals surface area contributed by atoms with Gasteiger partial charge in [0, 0.05) is 36.1 Å². The molecule has 1 fully saturated rings. The lowest BCUT2D eigenvalue weighted by atomic mass is 9.87. The number of amides is 2. The minimum Gasteiger partial charge on any atom is -0.352 e. The van der Waals surface area contributed by atoms with Crippen molar-refractivity contribution in [3.8, 4) is 0 Å². The average molecular weight is 487 g/mol. The summed E-state index contributed by atoms with van der Waals surface area (Å²) in [6.07, 6.45) is -4.50. The molecule has 3 aromatic rings. The van der Waals surface area contributed by atoms with Gasteiger partial charge in [0.2, 0.25) is 5.91 Å². The molecule has 2 amide bonds. The first-order valence-electron chi connectivity index (χ1n) is 10.8. The predicted molar refractivity (Wildman–Crippen MR) is 123 cm³/mol. The SMILES string of the molecule is O=C(NCc1ccccc1)[C@@H]1CN(C(=O)c2cccc(Cl)c2)C[C@H]1c1cccc(C(F)(F)F)c1. The van der Waals surface area contributed by atoms with E-state index < -0.39 is 23.6 Å². The number of nitrogens with one attached hydrogen (secondary N) is 1. The van der Waals surface area contributed by atoms with E-state index in [1.165, 1.54) is 17.0 Å². The first-order chi connectivity index (χ1) is 16.2. The maximum Gasteiger partial charge on any atom is 0.416 e. The molecule has 1 N–H and O–H groups in total. The van der Waals surface area contributed by atoms with Crippen molar-refractivity contribution in [2.45, 2.75) is 18.6 Å². The van der Waals surface area contributed by atoms with Crippen LogP contribution in [0.15, 0.2) is 78.9 Å². The van der Waals surface area contributed by atoms with Crippen LogP contribution >= 0.6 is 11.6 Å². The molecular weight excluding hydrogens is 465 g/mol. The molecule has 0 radical (unpaired) electrons. The van der Waals surface area contributed by atoms with Crippen LogP contribution in [0.25, 0.3) is 0 Å². The summed E-state index contributed by atoms with van der Waals surface area (Å²) in [6, 6.07) is 20.7. The molecule has 8 heteroatoms. The van der Waals surface area contributed by atoms with Crippen LogP contribution in [-0.2, 0) is 17.5 Å². The van der Waals surface area contributed by atoms with Crippen LogP contribution in [0.1, 0.15) is 33.0 Å². The Kier molecular flexibility index (Phi) is 6.93. The smallest absolute Gasteiger partial charge is 0.352 e. The van der Waals surface area contributed by atoms with Crippen molar-refractivity contribution in [2.75, 3.05) is 13.1 Å². The molecule has 3 aromatic carbocycles. The highest BCUT2D eigenvalue weighted by molar-refractivity contribution is 6.30. The second-order valence-corrected chi connectivity index (χ2v) is 8.70. The summed E-state index contributed by atoms with van der Waals surface area (Å²) in [5.74, 6) is -1.91. The standard InChI is InChI=1S/C26H22ClF3N2O2/c27-21-11-5-9-19(13-21)25(34)32-15-22(18-8-4-10-20(12-18)26(28,29)30)23(16-32)24(33)31-14-17-6-2-1-3-7-17/h1-13,22-23H,14-16H2,(H,31,33)/t22-,23+/m0/s1. The van der Waals surface area contributed by atoms with E-state index in [4.69, 9.17) is 11.6 Å². The Hall–Kier alpha value is -3.32. The van der Waals surface area contributed by atoms with E-state index >= 15 is 0 Å². The van der Waals surface area contributed by atoms with Crippen molar-refractivity contribution in [3.05, 3.63) is 106 Å². The predicted octanol–water partition coefficient (Wildman–Crippen LogP) is 5.53. The molecule has 1 saturated heterocycles. The molecule has 0 saturated carbocycles. The first-order valence-corrected chi connectivity index (χ1v) is 11.1. The van der Waals surface area contributed by atoms with Crippen molar-refractivity contribution in [3.63, 3.8) is 0 Å². The van der Waals surface area contributed by atoms with Gasteiger partial charge in [0.05, 0.1) is 11.5 Å². The molecule has 0 aliphatic carbocycles. The van der Waals surface area contributed by atoms with Gasteiger partial charge in [0.1, 0.15) is 0 Å². The topological polar surface area (TPSA) is 49.4 Å². The van der Waals surface area contributed by atoms with Crippen LogP contribution in [0.5, 0.6) is 0 Å². The van der Waals surface area contributed by atoms with Crippen LogP contribution in [0.2, 0.25) is 5.02 Å². The Morgan fingerprint density at radius 2 is 1.68 bits per heavy atom. The number of hydrogen-bond acceptors (Lipinski definition) is 2. The third-order valence-electron chi connectivity index (χ3n) is 5.97. The lowest BCUT2D eigenvalue weighted by Gasteiger charge is -2.19. The van der Waals surface area contributed by atoms with Crippen molar-refractivity contribution >= 4 is 23.4 Å². The molecule has 0 bridgehead atoms. The third kappa shape index (κ3) is 5.42. The van der Waals surface area contributed by atoms with E-state index in [2.05, 4.69) is 5.32 Å². The molecule has 34 heavy (non-hydrogen) atoms. The Morgan fingerprint density at radius 3 is 2.38 bits per heavy atom. The first kappa shape index (κ1) is 23.8. The fourth-order valence-electron chi connectivity index (χ4n) is 4.24. The highest BCUT2D eigenvalue weighted by Gasteiger charge is 2.41. The minimum atomic E-state index is -4.50. The zero-order valence-corrected chi connectivity index (χ0v) is 18.8. The van der Waals surface area contributed by atoms with E-state index in [-0.39, 0.29) is 31.4 Å². The average Bonchev–Trinajstić information content (AvgIpc) is 3.28. The quantitative estimate of drug-likeness (QED) is 0.515. The fraction of sp³-hybridized carbons (Fsp3) is 0.231. The maximum absolute atomic E-state index is 13.3. The summed E-state index contributed by atoms with van der Waals surface area (Å²) in [5, 5.41) is 3.27. The number of alkyl halides is 3. The van der Waals surface area contributed by atoms with Gasteiger partial charge >= 0.3 is 6.18 Å². The molecule has 0 spiro atoms. The number of benzene rings is 3. The summed E-state index contributed by atoms with van der Waals surface area (Å²) in [4.78, 5) is 27.8. The number of likely N-dealkylation sites (tertiary alicyclic amines) is 1. The largest absolute Gasteiger partial charge is 0.416 e. The number of rotatable bonds is 5. The lowest BCUT2D eigenvalue weighted by Crippen LogP contribution is -2.35. The Labute approximate surface area is 200 Å². The monoisotopic (exact) mass is 486 g/mol. The van der Waals surface area contributed by atoms with E-state index in [0.29, 0.717) is 16.1 Å². The van der Waals surface area contributed by atoms with Gasteiger partial charge < -0.3 is 10.2 Å². The molecule has 2 atom stereocenters. The zero-order chi connectivity index (χ0) is 24.3. The number of hydrogen-bond donors (Lipinski definition) is 1. The summed E-state index contributed by atoms with van der Waals surface area (Å²) >= 11 is 6.02. The summed E-state index contributed by atoms with van der Waals surface area (Å²) in [6.45, 7) is 0.497. The van der Waals surface area contributed by atoms with Crippen LogP contribution in [0.4, 0.5) is 13.2 Å². The molecule has 176 valence electrons. The van der Waals surface area contributed by atoms with E-state index in [9.17, 15) is 22.8 Å². The molecular formula is C26H22ClF3N2O2. The van der Waals surface area contributed by atoms with E-state index in [1.54, 1.807) is 24.3 Å². The Balaban J connectivity index is 1.60. The highest BCUT2D eigenvalue weighted by Crippen LogP contribution is 2.37. The molecule has 4 rings (SSSR count). The third-order valence-corrected chi connectivity index (χ3v) is 6.20. The van der Waals surface area contributed by atoms with Gasteiger partial charge in [-0.1, -0.05) is 66.2 Å². The molecule has 1 aliphatic heterocycles. The molecule has 4 nitrogen and oxygen atoms in total. The van der Waals surface area contributed by atoms with E-state index in [0.717, 1.165) is 17.7 Å². The lowest BCUT2D eigenvalue weighted by molar-refractivity contribution is -0.137. The van der Waals surface area contributed by atoms with Crippen LogP contribution < -0.4 is 5.32 Å². The maximum atomic E-state index is 13.3. The van der Waals surface area contributed by atoms with Crippen molar-refractivity contribution in [1.82, 2.24) is 10.2 Å². The number of carbonyl (C=O) groups is 2. The number of halogens is 4. The van der Waals surface area contributed by atoms with Gasteiger partial charge in [-0.25, -0.2) is 0 Å². The molecule has 1 aliphatic rings. The van der Waals surface area contributed by atoms with Crippen LogP contribution in [0.3, 0.4) is 0 Å². The zero-order valence-electron chi connectivity index (χ0n) is 18.1. The highest BCUT2D eigenvalue weighted by atomic mass is 35.5. The van der Waals surface area contributed by atoms with Gasteiger partial charge in [0.25, 0.3) is 5.91 Å². The number of carbonyl (C=O) groups excluding carboxylic acids is 2. The second kappa shape index (κ2) is 9.89. The fourth-order valence-corrected chi connectivity index (χ4v) is 4.43. The van der Waals surface area contributed by atoms with Crippen LogP contribution in [0, 0.1) is 5.92 Å². The number of nitrogens with zero attached hydrogens (tertiary/aromatic N) is 1. The Morgan fingerprint density at radius 1 is 0.941 bits per heavy atom. The van der Waals surface area contributed by atoms with Gasteiger partial charge in [-0.2, -0.15) is 13.2 Å². The summed E-state index contributed by atoms with van der Waals surface area (Å²) < 4.78 is 40.0. The second-order valence-electron chi connectivity index (χ2n) is 8.26. The van der Waals surface area contributed by atoms with Crippen molar-refractivity contribution in [1.29, 1.82) is 0 Å². The molecule has 0 aromatic heterocycles. The Bertz CT molecular complexity index is 1180. The minimum absolute atomic E-state index is 0.0902. The summed E-state index contributed by atoms with van der Waals surface area (Å²) in [5.41, 5.74) is 0.848. The van der Waals surface area contributed by atoms with E-state index in [1.807, 2.05) is 30.3 Å². The van der Waals surface area contributed by atoms with Gasteiger partial charge in [-0.3, -0.25) is 9.59 Å². The molecule has 0 unspecified atom stereocenters. The van der Waals surface area contributed by atoms with Crippen molar-refractivity contribution in [2.24, 2.45) is 5.92 Å². The normalized spacial score (nSPS) is 18.1. The van der Waals surface area contributed by atoms with Gasteiger partial charge in [-0.15, -0.1) is 0 Å². The van der Waals surface area contributed by atoms with Crippen LogP contribution in [-0.4, -0.2) is 29.8 Å². The molecule has 1 heterocycles. The van der Waals surface area contributed by atoms with Gasteiger partial charge in [-0.05, 0) is 35.4 Å². The summed E-state index contributed by atoms with van der Waals surface area (Å²) in [7, 11) is 0. The van der Waals surface area contributed by atoms with Crippen molar-refractivity contribution < 1.29 is 22.8 Å². The van der Waals surface area contributed by atoms with Gasteiger partial charge in [0.15, 0.2) is 0 Å².